The lowest BCUT2D eigenvalue weighted by Crippen LogP contribution is -2.40. The molecule has 1 saturated heterocycles. The largest absolute Gasteiger partial charge is 0.401 e. The van der Waals surface area contributed by atoms with Crippen LogP contribution in [0.2, 0.25) is 0 Å². The molecule has 1 aliphatic carbocycles. The van der Waals surface area contributed by atoms with Crippen molar-refractivity contribution in [3.63, 3.8) is 0 Å². The predicted molar refractivity (Wildman–Crippen MR) is 142 cm³/mol. The van der Waals surface area contributed by atoms with E-state index in [2.05, 4.69) is 58.6 Å². The molecule has 1 heterocycles. The van der Waals surface area contributed by atoms with Gasteiger partial charge in [0.2, 0.25) is 0 Å². The lowest BCUT2D eigenvalue weighted by molar-refractivity contribution is 0.173. The summed E-state index contributed by atoms with van der Waals surface area (Å²) in [6, 6.07) is 0. The minimum atomic E-state index is 0.724. The Morgan fingerprint density at radius 1 is 1.19 bits per heavy atom. The average Bonchev–Trinajstić information content (AvgIpc) is 3.09. The normalized spacial score (nSPS) is 18.1. The number of piperidine rings is 1. The second-order valence-corrected chi connectivity index (χ2v) is 8.11. The van der Waals surface area contributed by atoms with Crippen LogP contribution >= 0.6 is 0 Å². The first-order valence-electron chi connectivity index (χ1n) is 12.3. The molecule has 0 atom stereocenters. The molecular weight excluding hydrogens is 392 g/mol. The van der Waals surface area contributed by atoms with Crippen LogP contribution in [0.4, 0.5) is 0 Å². The number of rotatable bonds is 11. The topological polar surface area (TPSA) is 53.3 Å². The van der Waals surface area contributed by atoms with Crippen LogP contribution in [0.3, 0.4) is 0 Å². The van der Waals surface area contributed by atoms with Gasteiger partial charge in [0.05, 0.1) is 18.1 Å². The SMILES string of the molecule is C=C(NCN1CCC(CCC2=CC=CCC=C2)CC1)/C(NC/C=C\C=C/C)=C(\C)N.CC. The van der Waals surface area contributed by atoms with Crippen LogP contribution in [0.25, 0.3) is 0 Å². The Morgan fingerprint density at radius 3 is 2.62 bits per heavy atom. The van der Waals surface area contributed by atoms with E-state index in [1.165, 1.54) is 31.3 Å². The number of hydrogen-bond acceptors (Lipinski definition) is 4. The van der Waals surface area contributed by atoms with Crippen molar-refractivity contribution < 1.29 is 0 Å². The molecule has 0 aromatic rings. The van der Waals surface area contributed by atoms with Crippen LogP contribution in [0, 0.1) is 5.92 Å². The summed E-state index contributed by atoms with van der Waals surface area (Å²) in [5, 5.41) is 6.82. The molecule has 4 nitrogen and oxygen atoms in total. The van der Waals surface area contributed by atoms with Crippen LogP contribution < -0.4 is 16.4 Å². The molecule has 0 aromatic carbocycles. The molecule has 0 saturated carbocycles. The van der Waals surface area contributed by atoms with Crippen molar-refractivity contribution in [1.29, 1.82) is 0 Å². The number of nitrogens with one attached hydrogen (secondary N) is 2. The monoisotopic (exact) mass is 438 g/mol. The lowest BCUT2D eigenvalue weighted by Gasteiger charge is -2.32. The summed E-state index contributed by atoms with van der Waals surface area (Å²) in [5.74, 6) is 0.832. The molecule has 178 valence electrons. The minimum Gasteiger partial charge on any atom is -0.401 e. The van der Waals surface area contributed by atoms with Crippen LogP contribution in [-0.2, 0) is 0 Å². The summed E-state index contributed by atoms with van der Waals surface area (Å²) in [7, 11) is 0. The number of allylic oxidation sites excluding steroid dienone is 10. The molecule has 0 spiro atoms. The van der Waals surface area contributed by atoms with E-state index in [-0.39, 0.29) is 0 Å². The highest BCUT2D eigenvalue weighted by Crippen LogP contribution is 2.24. The molecule has 2 rings (SSSR count). The van der Waals surface area contributed by atoms with Crippen molar-refractivity contribution in [2.45, 2.75) is 59.8 Å². The highest BCUT2D eigenvalue weighted by atomic mass is 15.2. The Labute approximate surface area is 197 Å². The highest BCUT2D eigenvalue weighted by molar-refractivity contribution is 5.29. The summed E-state index contributed by atoms with van der Waals surface area (Å²) < 4.78 is 0. The molecule has 32 heavy (non-hydrogen) atoms. The molecule has 0 aromatic heterocycles. The third-order valence-electron chi connectivity index (χ3n) is 5.65. The first-order valence-corrected chi connectivity index (χ1v) is 12.3. The highest BCUT2D eigenvalue weighted by Gasteiger charge is 2.19. The second-order valence-electron chi connectivity index (χ2n) is 8.11. The fraction of sp³-hybridized carbons (Fsp3) is 0.500. The minimum absolute atomic E-state index is 0.724. The quantitative estimate of drug-likeness (QED) is 0.350. The Balaban J connectivity index is 0.00000249. The van der Waals surface area contributed by atoms with Gasteiger partial charge in [0.1, 0.15) is 0 Å². The molecule has 2 aliphatic rings. The van der Waals surface area contributed by atoms with Gasteiger partial charge in [0.15, 0.2) is 0 Å². The van der Waals surface area contributed by atoms with Gasteiger partial charge in [-0.2, -0.15) is 0 Å². The third-order valence-corrected chi connectivity index (χ3v) is 5.65. The molecule has 0 unspecified atom stereocenters. The molecule has 0 radical (unpaired) electrons. The van der Waals surface area contributed by atoms with Crippen LogP contribution in [0.5, 0.6) is 0 Å². The molecule has 0 amide bonds. The van der Waals surface area contributed by atoms with Gasteiger partial charge in [-0.25, -0.2) is 0 Å². The third kappa shape index (κ3) is 11.2. The molecule has 1 fully saturated rings. The van der Waals surface area contributed by atoms with E-state index in [1.807, 2.05) is 45.9 Å². The summed E-state index contributed by atoms with van der Waals surface area (Å²) in [5.41, 5.74) is 10.0. The van der Waals surface area contributed by atoms with Crippen molar-refractivity contribution in [2.75, 3.05) is 26.3 Å². The van der Waals surface area contributed by atoms with Gasteiger partial charge >= 0.3 is 0 Å². The number of nitrogens with zero attached hydrogens (tertiary/aromatic N) is 1. The van der Waals surface area contributed by atoms with Gasteiger partial charge in [-0.05, 0) is 57.4 Å². The van der Waals surface area contributed by atoms with Crippen LogP contribution in [0.15, 0.2) is 83.9 Å². The van der Waals surface area contributed by atoms with Crippen LogP contribution in [0.1, 0.15) is 59.8 Å². The van der Waals surface area contributed by atoms with Gasteiger partial charge < -0.3 is 16.4 Å². The van der Waals surface area contributed by atoms with Crippen molar-refractivity contribution in [1.82, 2.24) is 15.5 Å². The predicted octanol–water partition coefficient (Wildman–Crippen LogP) is 5.92. The van der Waals surface area contributed by atoms with E-state index in [4.69, 9.17) is 5.73 Å². The average molecular weight is 439 g/mol. The second kappa shape index (κ2) is 17.1. The molecule has 0 bridgehead atoms. The van der Waals surface area contributed by atoms with Gasteiger partial charge in [-0.1, -0.05) is 75.1 Å². The zero-order valence-electron chi connectivity index (χ0n) is 20.9. The Hall–Kier alpha value is -2.46. The Bertz CT molecular complexity index is 710. The molecule has 1 aliphatic heterocycles. The van der Waals surface area contributed by atoms with Gasteiger partial charge in [-0.3, -0.25) is 4.90 Å². The fourth-order valence-electron chi connectivity index (χ4n) is 3.79. The molecular formula is C28H46N4. The van der Waals surface area contributed by atoms with E-state index in [9.17, 15) is 0 Å². The maximum atomic E-state index is 6.06. The number of likely N-dealkylation sites (tertiary alicyclic amines) is 1. The van der Waals surface area contributed by atoms with E-state index in [0.29, 0.717) is 0 Å². The van der Waals surface area contributed by atoms with Crippen molar-refractivity contribution >= 4 is 0 Å². The van der Waals surface area contributed by atoms with Gasteiger partial charge in [0, 0.05) is 25.3 Å². The summed E-state index contributed by atoms with van der Waals surface area (Å²) in [6.07, 6.45) is 25.4. The maximum absolute atomic E-state index is 6.06. The van der Waals surface area contributed by atoms with Crippen molar-refractivity contribution in [3.8, 4) is 0 Å². The summed E-state index contributed by atoms with van der Waals surface area (Å²) >= 11 is 0. The van der Waals surface area contributed by atoms with Crippen molar-refractivity contribution in [3.05, 3.63) is 83.9 Å². The van der Waals surface area contributed by atoms with E-state index in [0.717, 1.165) is 55.7 Å². The van der Waals surface area contributed by atoms with E-state index in [1.54, 1.807) is 0 Å². The lowest BCUT2D eigenvalue weighted by atomic mass is 9.90. The van der Waals surface area contributed by atoms with Gasteiger partial charge in [-0.15, -0.1) is 0 Å². The number of nitrogens with two attached hydrogens (primary N) is 1. The molecule has 4 N–H and O–H groups in total. The Morgan fingerprint density at radius 2 is 1.94 bits per heavy atom. The smallest absolute Gasteiger partial charge is 0.0760 e. The maximum Gasteiger partial charge on any atom is 0.0760 e. The van der Waals surface area contributed by atoms with E-state index >= 15 is 0 Å². The summed E-state index contributed by atoms with van der Waals surface area (Å²) in [6.45, 7) is 15.9. The fourth-order valence-corrected chi connectivity index (χ4v) is 3.79. The molecule has 4 heteroatoms. The van der Waals surface area contributed by atoms with Gasteiger partial charge in [0.25, 0.3) is 0 Å². The van der Waals surface area contributed by atoms with Crippen LogP contribution in [-0.4, -0.2) is 31.2 Å². The zero-order valence-corrected chi connectivity index (χ0v) is 20.9. The standard InChI is InChI=1S/C26H40N4.C2H6/c1-4-5-6-11-18-28-26(22(2)27)23(3)29-21-30-19-16-25(17-20-30)15-14-24-12-9-7-8-10-13-24;1-2/h4-7,9-13,25,28-29H,3,8,14-21,27H2,1-2H3;1-2H3/b5-4-,11-6-,26-22-;. The number of hydrogen-bond donors (Lipinski definition) is 3. The first-order chi connectivity index (χ1) is 15.6. The van der Waals surface area contributed by atoms with Crippen molar-refractivity contribution in [2.24, 2.45) is 11.7 Å². The first kappa shape index (κ1) is 27.6. The summed E-state index contributed by atoms with van der Waals surface area (Å²) in [4.78, 5) is 2.48. The van der Waals surface area contributed by atoms with E-state index < -0.39 is 0 Å². The Kier molecular flexibility index (Phi) is 14.8. The zero-order chi connectivity index (χ0) is 23.6.